The molecule has 1 aliphatic rings. The standard InChI is InChI=1S/C13H15N3OS/c1-8-2-3-10-9(6-8)7-11(18-10)13(17)15-12-4-5-14-16-12/h4-5,7-8H,2-3,6H2,1H3,(H2,14,15,16,17). The minimum absolute atomic E-state index is 0.0497. The van der Waals surface area contributed by atoms with Crippen LogP contribution in [0.15, 0.2) is 18.3 Å². The van der Waals surface area contributed by atoms with Gasteiger partial charge in [-0.2, -0.15) is 5.10 Å². The lowest BCUT2D eigenvalue weighted by atomic mass is 9.90. The highest BCUT2D eigenvalue weighted by molar-refractivity contribution is 7.14. The third-order valence-corrected chi connectivity index (χ3v) is 4.54. The summed E-state index contributed by atoms with van der Waals surface area (Å²) in [5.41, 5.74) is 1.36. The van der Waals surface area contributed by atoms with E-state index in [9.17, 15) is 4.79 Å². The van der Waals surface area contributed by atoms with Gasteiger partial charge in [0.05, 0.1) is 11.1 Å². The quantitative estimate of drug-likeness (QED) is 0.873. The fourth-order valence-corrected chi connectivity index (χ4v) is 3.43. The van der Waals surface area contributed by atoms with Crippen molar-refractivity contribution in [3.8, 4) is 0 Å². The summed E-state index contributed by atoms with van der Waals surface area (Å²) in [4.78, 5) is 14.2. The number of rotatable bonds is 2. The zero-order valence-electron chi connectivity index (χ0n) is 10.2. The first-order chi connectivity index (χ1) is 8.72. The van der Waals surface area contributed by atoms with Crippen LogP contribution in [0.25, 0.3) is 0 Å². The maximum absolute atomic E-state index is 12.1. The Labute approximate surface area is 109 Å². The van der Waals surface area contributed by atoms with E-state index in [1.54, 1.807) is 23.6 Å². The minimum Gasteiger partial charge on any atom is -0.306 e. The Morgan fingerprint density at radius 3 is 3.28 bits per heavy atom. The van der Waals surface area contributed by atoms with Gasteiger partial charge in [-0.25, -0.2) is 0 Å². The van der Waals surface area contributed by atoms with Gasteiger partial charge in [0.1, 0.15) is 5.82 Å². The molecule has 1 amide bonds. The first-order valence-electron chi connectivity index (χ1n) is 6.14. The lowest BCUT2D eigenvalue weighted by Gasteiger charge is -2.16. The summed E-state index contributed by atoms with van der Waals surface area (Å²) in [5, 5.41) is 9.35. The third-order valence-electron chi connectivity index (χ3n) is 3.30. The van der Waals surface area contributed by atoms with Crippen LogP contribution in [0.1, 0.15) is 33.5 Å². The molecule has 1 atom stereocenters. The van der Waals surface area contributed by atoms with E-state index in [0.717, 1.165) is 23.6 Å². The molecule has 94 valence electrons. The Morgan fingerprint density at radius 2 is 2.50 bits per heavy atom. The molecule has 0 bridgehead atoms. The van der Waals surface area contributed by atoms with E-state index in [2.05, 4.69) is 22.4 Å². The van der Waals surface area contributed by atoms with E-state index >= 15 is 0 Å². The second-order valence-electron chi connectivity index (χ2n) is 4.83. The summed E-state index contributed by atoms with van der Waals surface area (Å²) in [5.74, 6) is 1.32. The molecule has 0 fully saturated rings. The molecule has 18 heavy (non-hydrogen) atoms. The van der Waals surface area contributed by atoms with Crippen LogP contribution >= 0.6 is 11.3 Å². The smallest absolute Gasteiger partial charge is 0.266 e. The highest BCUT2D eigenvalue weighted by Gasteiger charge is 2.20. The fourth-order valence-electron chi connectivity index (χ4n) is 2.33. The number of carbonyl (C=O) groups excluding carboxylic acids is 1. The molecule has 0 radical (unpaired) electrons. The average Bonchev–Trinajstić information content (AvgIpc) is 2.96. The second kappa shape index (κ2) is 4.57. The largest absolute Gasteiger partial charge is 0.306 e. The van der Waals surface area contributed by atoms with Crippen molar-refractivity contribution in [3.63, 3.8) is 0 Å². The summed E-state index contributed by atoms with van der Waals surface area (Å²) >= 11 is 1.62. The number of nitrogens with one attached hydrogen (secondary N) is 2. The molecule has 5 heteroatoms. The number of thiophene rings is 1. The molecule has 0 aliphatic heterocycles. The van der Waals surface area contributed by atoms with Crippen molar-refractivity contribution < 1.29 is 4.79 Å². The molecule has 0 saturated carbocycles. The van der Waals surface area contributed by atoms with Gasteiger partial charge in [-0.1, -0.05) is 6.92 Å². The van der Waals surface area contributed by atoms with Crippen LogP contribution in [0.4, 0.5) is 5.82 Å². The SMILES string of the molecule is CC1CCc2sc(C(=O)Nc3ccn[nH]3)cc2C1. The van der Waals surface area contributed by atoms with Crippen molar-refractivity contribution in [3.05, 3.63) is 33.6 Å². The van der Waals surface area contributed by atoms with Gasteiger partial charge >= 0.3 is 0 Å². The Hall–Kier alpha value is -1.62. The van der Waals surface area contributed by atoms with Gasteiger partial charge in [0.2, 0.25) is 0 Å². The summed E-state index contributed by atoms with van der Waals surface area (Å²) in [7, 11) is 0. The van der Waals surface area contributed by atoms with E-state index in [1.807, 2.05) is 6.07 Å². The van der Waals surface area contributed by atoms with Gasteiger partial charge in [-0.15, -0.1) is 11.3 Å². The van der Waals surface area contributed by atoms with Crippen LogP contribution in [0.2, 0.25) is 0 Å². The lowest BCUT2D eigenvalue weighted by molar-refractivity contribution is 0.103. The molecular formula is C13H15N3OS. The van der Waals surface area contributed by atoms with Crippen molar-refractivity contribution in [1.29, 1.82) is 0 Å². The van der Waals surface area contributed by atoms with Gasteiger partial charge in [-0.3, -0.25) is 9.89 Å². The molecule has 2 aromatic heterocycles. The molecule has 2 N–H and O–H groups in total. The molecule has 0 aromatic carbocycles. The van der Waals surface area contributed by atoms with Gasteiger partial charge in [-0.05, 0) is 36.8 Å². The highest BCUT2D eigenvalue weighted by Crippen LogP contribution is 2.32. The van der Waals surface area contributed by atoms with Crippen molar-refractivity contribution in [2.45, 2.75) is 26.2 Å². The number of hydrogen-bond donors (Lipinski definition) is 2. The van der Waals surface area contributed by atoms with Gasteiger partial charge < -0.3 is 5.32 Å². The van der Waals surface area contributed by atoms with E-state index in [4.69, 9.17) is 0 Å². The first-order valence-corrected chi connectivity index (χ1v) is 6.96. The average molecular weight is 261 g/mol. The summed E-state index contributed by atoms with van der Waals surface area (Å²) < 4.78 is 0. The van der Waals surface area contributed by atoms with Crippen molar-refractivity contribution >= 4 is 23.1 Å². The maximum Gasteiger partial charge on any atom is 0.266 e. The molecule has 2 heterocycles. The van der Waals surface area contributed by atoms with Gasteiger partial charge in [0.15, 0.2) is 0 Å². The predicted octanol–water partition coefficient (Wildman–Crippen LogP) is 2.85. The number of aromatic amines is 1. The molecular weight excluding hydrogens is 246 g/mol. The third kappa shape index (κ3) is 2.18. The lowest BCUT2D eigenvalue weighted by Crippen LogP contribution is -2.10. The number of fused-ring (bicyclic) bond motifs is 1. The van der Waals surface area contributed by atoms with E-state index in [0.29, 0.717) is 5.82 Å². The maximum atomic E-state index is 12.1. The summed E-state index contributed by atoms with van der Waals surface area (Å²) in [6.45, 7) is 2.27. The zero-order valence-corrected chi connectivity index (χ0v) is 11.0. The Kier molecular flexibility index (Phi) is 2.91. The van der Waals surface area contributed by atoms with E-state index in [1.165, 1.54) is 16.9 Å². The normalized spacial score (nSPS) is 18.4. The number of aromatic nitrogens is 2. The molecule has 1 aliphatic carbocycles. The van der Waals surface area contributed by atoms with Crippen molar-refractivity contribution in [2.75, 3.05) is 5.32 Å². The topological polar surface area (TPSA) is 57.8 Å². The Morgan fingerprint density at radius 1 is 1.61 bits per heavy atom. The van der Waals surface area contributed by atoms with Crippen LogP contribution < -0.4 is 5.32 Å². The molecule has 0 spiro atoms. The minimum atomic E-state index is -0.0497. The molecule has 2 aromatic rings. The summed E-state index contributed by atoms with van der Waals surface area (Å²) in [6, 6.07) is 3.79. The van der Waals surface area contributed by atoms with E-state index in [-0.39, 0.29) is 5.91 Å². The fraction of sp³-hybridized carbons (Fsp3) is 0.385. The Balaban J connectivity index is 1.78. The van der Waals surface area contributed by atoms with Crippen molar-refractivity contribution in [1.82, 2.24) is 10.2 Å². The van der Waals surface area contributed by atoms with Crippen LogP contribution in [0.3, 0.4) is 0 Å². The molecule has 3 rings (SSSR count). The monoisotopic (exact) mass is 261 g/mol. The zero-order chi connectivity index (χ0) is 12.5. The number of nitrogens with zero attached hydrogens (tertiary/aromatic N) is 1. The molecule has 0 saturated heterocycles. The predicted molar refractivity (Wildman–Crippen MR) is 72.0 cm³/mol. The summed E-state index contributed by atoms with van der Waals surface area (Å²) in [6.07, 6.45) is 5.06. The number of anilines is 1. The molecule has 1 unspecified atom stereocenters. The first kappa shape index (κ1) is 11.5. The van der Waals surface area contributed by atoms with Crippen LogP contribution in [0.5, 0.6) is 0 Å². The van der Waals surface area contributed by atoms with Gasteiger partial charge in [0, 0.05) is 10.9 Å². The van der Waals surface area contributed by atoms with E-state index < -0.39 is 0 Å². The Bertz CT molecular complexity index is 559. The molecule has 4 nitrogen and oxygen atoms in total. The van der Waals surface area contributed by atoms with Crippen molar-refractivity contribution in [2.24, 2.45) is 5.92 Å². The number of amides is 1. The van der Waals surface area contributed by atoms with Crippen LogP contribution in [-0.4, -0.2) is 16.1 Å². The highest BCUT2D eigenvalue weighted by atomic mass is 32.1. The number of carbonyl (C=O) groups is 1. The van der Waals surface area contributed by atoms with Crippen LogP contribution in [0, 0.1) is 5.92 Å². The number of H-pyrrole nitrogens is 1. The van der Waals surface area contributed by atoms with Gasteiger partial charge in [0.25, 0.3) is 5.91 Å². The second-order valence-corrected chi connectivity index (χ2v) is 5.97. The number of aryl methyl sites for hydroxylation is 1. The number of hydrogen-bond acceptors (Lipinski definition) is 3. The van der Waals surface area contributed by atoms with Crippen LogP contribution in [-0.2, 0) is 12.8 Å².